The van der Waals surface area contributed by atoms with Crippen LogP contribution in [0.2, 0.25) is 0 Å². The van der Waals surface area contributed by atoms with Crippen LogP contribution in [0.1, 0.15) is 25.4 Å². The Hall–Kier alpha value is -2.23. The maximum absolute atomic E-state index is 12.4. The topological polar surface area (TPSA) is 45.5 Å². The molecule has 0 spiro atoms. The summed E-state index contributed by atoms with van der Waals surface area (Å²) in [4.78, 5) is 14.2. The Kier molecular flexibility index (Phi) is 5.04. The number of rotatable bonds is 6. The molecule has 0 radical (unpaired) electrons. The van der Waals surface area contributed by atoms with Crippen molar-refractivity contribution in [3.05, 3.63) is 54.0 Å². The molecule has 0 aliphatic rings. The molecule has 4 nitrogen and oxygen atoms in total. The van der Waals surface area contributed by atoms with Gasteiger partial charge in [0, 0.05) is 11.7 Å². The molecule has 0 bridgehead atoms. The lowest BCUT2D eigenvalue weighted by Gasteiger charge is -2.26. The number of hydrogen-bond acceptors (Lipinski definition) is 3. The van der Waals surface area contributed by atoms with Gasteiger partial charge in [-0.05, 0) is 45.0 Å². The highest BCUT2D eigenvalue weighted by Gasteiger charge is 2.18. The largest absolute Gasteiger partial charge is 0.464 e. The van der Waals surface area contributed by atoms with Crippen LogP contribution in [0.5, 0.6) is 0 Å². The number of nitrogens with one attached hydrogen (secondary N) is 1. The van der Waals surface area contributed by atoms with Crippen molar-refractivity contribution in [2.75, 3.05) is 11.9 Å². The number of hydrogen-bond donors (Lipinski definition) is 1. The van der Waals surface area contributed by atoms with E-state index < -0.39 is 0 Å². The summed E-state index contributed by atoms with van der Waals surface area (Å²) in [7, 11) is 0. The first-order valence-electron chi connectivity index (χ1n) is 7.20. The lowest BCUT2D eigenvalue weighted by molar-refractivity contribution is -0.131. The minimum absolute atomic E-state index is 0.0582. The van der Waals surface area contributed by atoms with Crippen molar-refractivity contribution < 1.29 is 9.21 Å². The van der Waals surface area contributed by atoms with E-state index >= 15 is 0 Å². The van der Waals surface area contributed by atoms with E-state index in [1.165, 1.54) is 0 Å². The maximum atomic E-state index is 12.4. The zero-order chi connectivity index (χ0) is 15.2. The van der Waals surface area contributed by atoms with Crippen LogP contribution < -0.4 is 5.32 Å². The van der Waals surface area contributed by atoms with Crippen molar-refractivity contribution in [3.8, 4) is 0 Å². The fourth-order valence-corrected chi connectivity index (χ4v) is 2.13. The summed E-state index contributed by atoms with van der Waals surface area (Å²) >= 11 is 0. The second kappa shape index (κ2) is 6.97. The Morgan fingerprint density at radius 3 is 2.48 bits per heavy atom. The molecule has 2 rings (SSSR count). The van der Waals surface area contributed by atoms with Gasteiger partial charge in [-0.3, -0.25) is 4.79 Å². The second-order valence-electron chi connectivity index (χ2n) is 5.35. The molecule has 1 heterocycles. The number of anilines is 1. The fraction of sp³-hybridized carbons (Fsp3) is 0.353. The number of amides is 1. The molecular weight excluding hydrogens is 264 g/mol. The van der Waals surface area contributed by atoms with Crippen molar-refractivity contribution >= 4 is 11.6 Å². The molecule has 0 fully saturated rings. The molecule has 1 aromatic heterocycles. The van der Waals surface area contributed by atoms with Gasteiger partial charge in [-0.2, -0.15) is 0 Å². The summed E-state index contributed by atoms with van der Waals surface area (Å²) in [6.07, 6.45) is 0. The molecule has 1 amide bonds. The van der Waals surface area contributed by atoms with E-state index in [4.69, 9.17) is 4.42 Å². The number of carbonyl (C=O) groups is 1. The van der Waals surface area contributed by atoms with Crippen LogP contribution in [0.3, 0.4) is 0 Å². The van der Waals surface area contributed by atoms with Gasteiger partial charge in [0.1, 0.15) is 11.5 Å². The SMILES string of the molecule is Cc1ccc(CN(C(=O)CNc2ccccc2)C(C)C)o1. The predicted octanol–water partition coefficient (Wildman–Crippen LogP) is 3.44. The third-order valence-electron chi connectivity index (χ3n) is 3.28. The van der Waals surface area contributed by atoms with Crippen molar-refractivity contribution in [1.29, 1.82) is 0 Å². The van der Waals surface area contributed by atoms with E-state index in [9.17, 15) is 4.79 Å². The Bertz CT molecular complexity index is 575. The van der Waals surface area contributed by atoms with Crippen molar-refractivity contribution in [2.45, 2.75) is 33.4 Å². The van der Waals surface area contributed by atoms with Gasteiger partial charge in [-0.25, -0.2) is 0 Å². The summed E-state index contributed by atoms with van der Waals surface area (Å²) < 4.78 is 5.56. The molecule has 1 N–H and O–H groups in total. The van der Waals surface area contributed by atoms with E-state index in [0.717, 1.165) is 17.2 Å². The Morgan fingerprint density at radius 1 is 1.19 bits per heavy atom. The Labute approximate surface area is 125 Å². The predicted molar refractivity (Wildman–Crippen MR) is 84.1 cm³/mol. The smallest absolute Gasteiger partial charge is 0.242 e. The molecule has 0 aliphatic carbocycles. The van der Waals surface area contributed by atoms with Crippen LogP contribution in [-0.2, 0) is 11.3 Å². The number of nitrogens with zero attached hydrogens (tertiary/aromatic N) is 1. The van der Waals surface area contributed by atoms with Crippen LogP contribution in [-0.4, -0.2) is 23.4 Å². The van der Waals surface area contributed by atoms with Crippen LogP contribution in [0.15, 0.2) is 46.9 Å². The lowest BCUT2D eigenvalue weighted by atomic mass is 10.2. The Balaban J connectivity index is 1.96. The first kappa shape index (κ1) is 15.2. The summed E-state index contributed by atoms with van der Waals surface area (Å²) in [5, 5.41) is 3.15. The summed E-state index contributed by atoms with van der Waals surface area (Å²) in [6.45, 7) is 6.71. The third kappa shape index (κ3) is 4.38. The number of benzene rings is 1. The molecule has 4 heteroatoms. The van der Waals surface area contributed by atoms with Gasteiger partial charge in [0.25, 0.3) is 0 Å². The van der Waals surface area contributed by atoms with Crippen LogP contribution in [0.25, 0.3) is 0 Å². The van der Waals surface area contributed by atoms with E-state index in [2.05, 4.69) is 5.32 Å². The summed E-state index contributed by atoms with van der Waals surface area (Å²) in [5.74, 6) is 1.74. The third-order valence-corrected chi connectivity index (χ3v) is 3.28. The van der Waals surface area contributed by atoms with Gasteiger partial charge in [0.2, 0.25) is 5.91 Å². The van der Waals surface area contributed by atoms with E-state index in [-0.39, 0.29) is 18.5 Å². The highest BCUT2D eigenvalue weighted by Crippen LogP contribution is 2.13. The van der Waals surface area contributed by atoms with E-state index in [0.29, 0.717) is 6.54 Å². The molecule has 21 heavy (non-hydrogen) atoms. The van der Waals surface area contributed by atoms with Gasteiger partial charge in [0.05, 0.1) is 13.1 Å². The average molecular weight is 286 g/mol. The van der Waals surface area contributed by atoms with Gasteiger partial charge in [-0.15, -0.1) is 0 Å². The molecule has 0 saturated carbocycles. The van der Waals surface area contributed by atoms with Gasteiger partial charge >= 0.3 is 0 Å². The molecule has 0 aliphatic heterocycles. The first-order valence-corrected chi connectivity index (χ1v) is 7.20. The molecular formula is C17H22N2O2. The van der Waals surface area contributed by atoms with Crippen molar-refractivity contribution in [2.24, 2.45) is 0 Å². The standard InChI is InChI=1S/C17H22N2O2/c1-13(2)19(12-16-10-9-14(3)21-16)17(20)11-18-15-7-5-4-6-8-15/h4-10,13,18H,11-12H2,1-3H3. The molecule has 112 valence electrons. The monoisotopic (exact) mass is 286 g/mol. The molecule has 0 saturated heterocycles. The normalized spacial score (nSPS) is 10.7. The summed E-state index contributed by atoms with van der Waals surface area (Å²) in [6, 6.07) is 13.7. The van der Waals surface area contributed by atoms with E-state index in [1.54, 1.807) is 0 Å². The second-order valence-corrected chi connectivity index (χ2v) is 5.35. The molecule has 2 aromatic rings. The van der Waals surface area contributed by atoms with Crippen LogP contribution >= 0.6 is 0 Å². The quantitative estimate of drug-likeness (QED) is 0.884. The number of furan rings is 1. The summed E-state index contributed by atoms with van der Waals surface area (Å²) in [5.41, 5.74) is 0.948. The minimum Gasteiger partial charge on any atom is -0.464 e. The highest BCUT2D eigenvalue weighted by molar-refractivity contribution is 5.81. The highest BCUT2D eigenvalue weighted by atomic mass is 16.3. The molecule has 1 aromatic carbocycles. The van der Waals surface area contributed by atoms with Crippen LogP contribution in [0, 0.1) is 6.92 Å². The Morgan fingerprint density at radius 2 is 1.90 bits per heavy atom. The molecule has 0 atom stereocenters. The average Bonchev–Trinajstić information content (AvgIpc) is 2.88. The van der Waals surface area contributed by atoms with Gasteiger partial charge in [0.15, 0.2) is 0 Å². The van der Waals surface area contributed by atoms with Crippen LogP contribution in [0.4, 0.5) is 5.69 Å². The molecule has 0 unspecified atom stereocenters. The zero-order valence-corrected chi connectivity index (χ0v) is 12.8. The number of aryl methyl sites for hydroxylation is 1. The lowest BCUT2D eigenvalue weighted by Crippen LogP contribution is -2.39. The number of carbonyl (C=O) groups excluding carboxylic acids is 1. The van der Waals surface area contributed by atoms with Crippen molar-refractivity contribution in [3.63, 3.8) is 0 Å². The maximum Gasteiger partial charge on any atom is 0.242 e. The first-order chi connectivity index (χ1) is 10.1. The van der Waals surface area contributed by atoms with Gasteiger partial charge < -0.3 is 14.6 Å². The van der Waals surface area contributed by atoms with E-state index in [1.807, 2.05) is 68.1 Å². The fourth-order valence-electron chi connectivity index (χ4n) is 2.13. The zero-order valence-electron chi connectivity index (χ0n) is 12.8. The number of para-hydroxylation sites is 1. The van der Waals surface area contributed by atoms with Gasteiger partial charge in [-0.1, -0.05) is 18.2 Å². The minimum atomic E-state index is 0.0582. The van der Waals surface area contributed by atoms with Crippen molar-refractivity contribution in [1.82, 2.24) is 4.90 Å².